The fourth-order valence-electron chi connectivity index (χ4n) is 2.16. The molecule has 3 rings (SSSR count). The van der Waals surface area contributed by atoms with Gasteiger partial charge in [0, 0.05) is 5.69 Å². The van der Waals surface area contributed by atoms with Crippen LogP contribution in [0.2, 0.25) is 0 Å². The summed E-state index contributed by atoms with van der Waals surface area (Å²) in [4.78, 5) is 0. The van der Waals surface area contributed by atoms with Gasteiger partial charge in [-0.1, -0.05) is 12.1 Å². The van der Waals surface area contributed by atoms with E-state index < -0.39 is 0 Å². The molecule has 0 spiro atoms. The van der Waals surface area contributed by atoms with Crippen LogP contribution in [0.25, 0.3) is 11.1 Å². The summed E-state index contributed by atoms with van der Waals surface area (Å²) in [6, 6.07) is 11.9. The monoisotopic (exact) mass is 241 g/mol. The fourth-order valence-corrected chi connectivity index (χ4v) is 2.16. The van der Waals surface area contributed by atoms with Gasteiger partial charge >= 0.3 is 0 Å². The van der Waals surface area contributed by atoms with Crippen LogP contribution < -0.4 is 15.2 Å². The van der Waals surface area contributed by atoms with E-state index in [9.17, 15) is 0 Å². The molecule has 3 nitrogen and oxygen atoms in total. The Hall–Kier alpha value is -2.16. The summed E-state index contributed by atoms with van der Waals surface area (Å²) in [7, 11) is 0. The molecule has 18 heavy (non-hydrogen) atoms. The Morgan fingerprint density at radius 2 is 1.72 bits per heavy atom. The number of benzene rings is 2. The van der Waals surface area contributed by atoms with Gasteiger partial charge in [-0.05, 0) is 47.9 Å². The van der Waals surface area contributed by atoms with Crippen molar-refractivity contribution >= 4 is 5.69 Å². The molecule has 0 unspecified atom stereocenters. The second-order valence-corrected chi connectivity index (χ2v) is 4.43. The van der Waals surface area contributed by atoms with Crippen LogP contribution >= 0.6 is 0 Å². The lowest BCUT2D eigenvalue weighted by atomic mass is 9.99. The van der Waals surface area contributed by atoms with E-state index in [1.807, 2.05) is 36.4 Å². The third-order valence-corrected chi connectivity index (χ3v) is 3.11. The Kier molecular flexibility index (Phi) is 2.59. The van der Waals surface area contributed by atoms with Crippen LogP contribution in [0.15, 0.2) is 36.4 Å². The average molecular weight is 241 g/mol. The van der Waals surface area contributed by atoms with E-state index in [0.29, 0.717) is 13.2 Å². The highest BCUT2D eigenvalue weighted by Gasteiger charge is 2.13. The van der Waals surface area contributed by atoms with Gasteiger partial charge in [-0.25, -0.2) is 0 Å². The lowest BCUT2D eigenvalue weighted by molar-refractivity contribution is 0.171. The predicted molar refractivity (Wildman–Crippen MR) is 72.0 cm³/mol. The van der Waals surface area contributed by atoms with Crippen molar-refractivity contribution in [1.29, 1.82) is 0 Å². The number of hydrogen-bond donors (Lipinski definition) is 1. The first kappa shape index (κ1) is 11.0. The number of nitrogen functional groups attached to an aromatic ring is 1. The van der Waals surface area contributed by atoms with E-state index in [1.165, 1.54) is 5.56 Å². The molecule has 1 heterocycles. The van der Waals surface area contributed by atoms with Crippen LogP contribution in [-0.2, 0) is 0 Å². The lowest BCUT2D eigenvalue weighted by Gasteiger charge is -2.19. The fraction of sp³-hybridized carbons (Fsp3) is 0.200. The molecule has 2 N–H and O–H groups in total. The zero-order valence-corrected chi connectivity index (χ0v) is 10.3. The van der Waals surface area contributed by atoms with Gasteiger partial charge in [-0.2, -0.15) is 0 Å². The maximum atomic E-state index is 5.85. The summed E-state index contributed by atoms with van der Waals surface area (Å²) in [5, 5.41) is 0. The Balaban J connectivity index is 2.09. The van der Waals surface area contributed by atoms with Gasteiger partial charge in [-0.3, -0.25) is 0 Å². The maximum absolute atomic E-state index is 5.85. The number of fused-ring (bicyclic) bond motifs is 1. The molecule has 0 bridgehead atoms. The van der Waals surface area contributed by atoms with E-state index in [0.717, 1.165) is 28.3 Å². The van der Waals surface area contributed by atoms with E-state index in [2.05, 4.69) is 6.92 Å². The Morgan fingerprint density at radius 1 is 0.944 bits per heavy atom. The smallest absolute Gasteiger partial charge is 0.161 e. The first-order valence-electron chi connectivity index (χ1n) is 6.00. The van der Waals surface area contributed by atoms with Gasteiger partial charge in [0.2, 0.25) is 0 Å². The highest BCUT2D eigenvalue weighted by Crippen LogP contribution is 2.35. The van der Waals surface area contributed by atoms with Gasteiger partial charge in [0.05, 0.1) is 0 Å². The molecule has 0 atom stereocenters. The topological polar surface area (TPSA) is 44.5 Å². The highest BCUT2D eigenvalue weighted by molar-refractivity contribution is 5.73. The second-order valence-electron chi connectivity index (χ2n) is 4.43. The molecule has 0 fully saturated rings. The molecular formula is C15H15NO2. The van der Waals surface area contributed by atoms with Crippen molar-refractivity contribution < 1.29 is 9.47 Å². The van der Waals surface area contributed by atoms with Crippen LogP contribution in [0.3, 0.4) is 0 Å². The van der Waals surface area contributed by atoms with Crippen molar-refractivity contribution in [3.63, 3.8) is 0 Å². The molecule has 1 aliphatic rings. The quantitative estimate of drug-likeness (QED) is 0.780. The Morgan fingerprint density at radius 3 is 2.56 bits per heavy atom. The standard InChI is InChI=1S/C15H15NO2/c1-10-2-4-12(16)9-13(10)11-3-5-14-15(8-11)18-7-6-17-14/h2-5,8-9H,6-7,16H2,1H3. The molecule has 0 aliphatic carbocycles. The molecule has 2 aromatic carbocycles. The zero-order chi connectivity index (χ0) is 12.5. The van der Waals surface area contributed by atoms with E-state index in [1.54, 1.807) is 0 Å². The van der Waals surface area contributed by atoms with Crippen molar-refractivity contribution in [3.8, 4) is 22.6 Å². The number of hydrogen-bond acceptors (Lipinski definition) is 3. The molecule has 0 saturated heterocycles. The van der Waals surface area contributed by atoms with Gasteiger partial charge in [0.15, 0.2) is 11.5 Å². The minimum Gasteiger partial charge on any atom is -0.486 e. The molecular weight excluding hydrogens is 226 g/mol. The number of rotatable bonds is 1. The summed E-state index contributed by atoms with van der Waals surface area (Å²) in [6.07, 6.45) is 0. The first-order chi connectivity index (χ1) is 8.74. The van der Waals surface area contributed by atoms with E-state index >= 15 is 0 Å². The van der Waals surface area contributed by atoms with Crippen LogP contribution in [0.4, 0.5) is 5.69 Å². The normalized spacial score (nSPS) is 13.4. The van der Waals surface area contributed by atoms with Crippen molar-refractivity contribution in [3.05, 3.63) is 42.0 Å². The Labute approximate surface area is 106 Å². The summed E-state index contributed by atoms with van der Waals surface area (Å²) in [5.74, 6) is 1.62. The minimum atomic E-state index is 0.604. The second kappa shape index (κ2) is 4.26. The lowest BCUT2D eigenvalue weighted by Crippen LogP contribution is -2.15. The van der Waals surface area contributed by atoms with Crippen LogP contribution in [0.1, 0.15) is 5.56 Å². The molecule has 1 aliphatic heterocycles. The number of anilines is 1. The van der Waals surface area contributed by atoms with Gasteiger partial charge in [0.25, 0.3) is 0 Å². The van der Waals surface area contributed by atoms with Crippen LogP contribution in [-0.4, -0.2) is 13.2 Å². The largest absolute Gasteiger partial charge is 0.486 e. The molecule has 0 saturated carbocycles. The Bertz CT molecular complexity index is 593. The molecule has 0 amide bonds. The molecule has 3 heteroatoms. The third-order valence-electron chi connectivity index (χ3n) is 3.11. The number of aryl methyl sites for hydroxylation is 1. The molecule has 92 valence electrons. The van der Waals surface area contributed by atoms with Crippen molar-refractivity contribution in [2.75, 3.05) is 18.9 Å². The van der Waals surface area contributed by atoms with Crippen molar-refractivity contribution in [2.45, 2.75) is 6.92 Å². The summed E-state index contributed by atoms with van der Waals surface area (Å²) in [5.41, 5.74) is 10.0. The van der Waals surface area contributed by atoms with Gasteiger partial charge in [0.1, 0.15) is 13.2 Å². The maximum Gasteiger partial charge on any atom is 0.161 e. The van der Waals surface area contributed by atoms with E-state index in [-0.39, 0.29) is 0 Å². The average Bonchev–Trinajstić information content (AvgIpc) is 2.41. The minimum absolute atomic E-state index is 0.604. The summed E-state index contributed by atoms with van der Waals surface area (Å²) < 4.78 is 11.1. The molecule has 0 radical (unpaired) electrons. The van der Waals surface area contributed by atoms with Gasteiger partial charge in [-0.15, -0.1) is 0 Å². The number of ether oxygens (including phenoxy) is 2. The molecule has 0 aromatic heterocycles. The van der Waals surface area contributed by atoms with Crippen molar-refractivity contribution in [2.24, 2.45) is 0 Å². The van der Waals surface area contributed by atoms with Gasteiger partial charge < -0.3 is 15.2 Å². The van der Waals surface area contributed by atoms with E-state index in [4.69, 9.17) is 15.2 Å². The highest BCUT2D eigenvalue weighted by atomic mass is 16.6. The van der Waals surface area contributed by atoms with Crippen molar-refractivity contribution in [1.82, 2.24) is 0 Å². The summed E-state index contributed by atoms with van der Waals surface area (Å²) >= 11 is 0. The summed E-state index contributed by atoms with van der Waals surface area (Å²) in [6.45, 7) is 3.29. The third kappa shape index (κ3) is 1.88. The zero-order valence-electron chi connectivity index (χ0n) is 10.3. The molecule has 2 aromatic rings. The van der Waals surface area contributed by atoms with Crippen LogP contribution in [0.5, 0.6) is 11.5 Å². The predicted octanol–water partition coefficient (Wildman–Crippen LogP) is 3.02. The number of nitrogens with two attached hydrogens (primary N) is 1. The SMILES string of the molecule is Cc1ccc(N)cc1-c1ccc2c(c1)OCCO2. The van der Waals surface area contributed by atoms with Crippen LogP contribution in [0, 0.1) is 6.92 Å². The first-order valence-corrected chi connectivity index (χ1v) is 6.00.